The highest BCUT2D eigenvalue weighted by Gasteiger charge is 2.13. The highest BCUT2D eigenvalue weighted by molar-refractivity contribution is 5.89. The zero-order valence-corrected chi connectivity index (χ0v) is 15.6. The Morgan fingerprint density at radius 3 is 2.71 bits per heavy atom. The van der Waals surface area contributed by atoms with Crippen molar-refractivity contribution in [2.24, 2.45) is 0 Å². The number of rotatable bonds is 5. The molecule has 1 aromatic carbocycles. The molecular formula is C20H19N5O3. The molecule has 142 valence electrons. The van der Waals surface area contributed by atoms with Crippen LogP contribution in [0.3, 0.4) is 0 Å². The minimum atomic E-state index is -0.362. The van der Waals surface area contributed by atoms with Crippen molar-refractivity contribution in [3.05, 3.63) is 64.5 Å². The fraction of sp³-hybridized carbons (Fsp3) is 0.250. The molecule has 4 aromatic rings. The number of ether oxygens (including phenoxy) is 1. The van der Waals surface area contributed by atoms with Crippen molar-refractivity contribution in [1.82, 2.24) is 24.1 Å². The number of nitrogens with zero attached hydrogens (tertiary/aromatic N) is 5. The predicted molar refractivity (Wildman–Crippen MR) is 104 cm³/mol. The summed E-state index contributed by atoms with van der Waals surface area (Å²) in [5, 5.41) is 4.61. The lowest BCUT2D eigenvalue weighted by Crippen LogP contribution is -2.20. The summed E-state index contributed by atoms with van der Waals surface area (Å²) < 4.78 is 8.28. The first-order chi connectivity index (χ1) is 13.6. The minimum Gasteiger partial charge on any atom is -0.462 e. The number of pyridine rings is 1. The molecule has 0 amide bonds. The summed E-state index contributed by atoms with van der Waals surface area (Å²) in [7, 11) is 0. The summed E-state index contributed by atoms with van der Waals surface area (Å²) in [5.74, 6) is 0.0903. The van der Waals surface area contributed by atoms with Gasteiger partial charge in [-0.15, -0.1) is 0 Å². The molecule has 0 bridgehead atoms. The van der Waals surface area contributed by atoms with E-state index in [2.05, 4.69) is 15.1 Å². The van der Waals surface area contributed by atoms with Crippen LogP contribution in [-0.4, -0.2) is 36.7 Å². The molecule has 8 heteroatoms. The van der Waals surface area contributed by atoms with Gasteiger partial charge in [0.15, 0.2) is 0 Å². The average Bonchev–Trinajstić information content (AvgIpc) is 3.17. The quantitative estimate of drug-likeness (QED) is 0.392. The van der Waals surface area contributed by atoms with Gasteiger partial charge in [-0.2, -0.15) is 14.6 Å². The van der Waals surface area contributed by atoms with Crippen LogP contribution in [-0.2, 0) is 4.74 Å². The maximum absolute atomic E-state index is 13.1. The van der Waals surface area contributed by atoms with Crippen molar-refractivity contribution < 1.29 is 9.53 Å². The number of benzene rings is 1. The van der Waals surface area contributed by atoms with E-state index in [1.54, 1.807) is 48.0 Å². The first-order valence-electron chi connectivity index (χ1n) is 9.09. The van der Waals surface area contributed by atoms with E-state index in [0.29, 0.717) is 40.2 Å². The van der Waals surface area contributed by atoms with E-state index in [1.807, 2.05) is 6.92 Å². The second kappa shape index (κ2) is 7.22. The highest BCUT2D eigenvalue weighted by atomic mass is 16.5. The van der Waals surface area contributed by atoms with Crippen molar-refractivity contribution in [2.75, 3.05) is 6.61 Å². The van der Waals surface area contributed by atoms with Gasteiger partial charge in [0.25, 0.3) is 11.3 Å². The molecule has 0 atom stereocenters. The van der Waals surface area contributed by atoms with Crippen LogP contribution in [0.25, 0.3) is 22.4 Å². The van der Waals surface area contributed by atoms with E-state index in [9.17, 15) is 9.59 Å². The number of aryl methyl sites for hydroxylation is 1. The van der Waals surface area contributed by atoms with Crippen LogP contribution in [0.2, 0.25) is 0 Å². The summed E-state index contributed by atoms with van der Waals surface area (Å²) in [6.45, 7) is 4.22. The predicted octanol–water partition coefficient (Wildman–Crippen LogP) is 2.69. The molecule has 28 heavy (non-hydrogen) atoms. The van der Waals surface area contributed by atoms with Crippen molar-refractivity contribution >= 4 is 22.6 Å². The normalized spacial score (nSPS) is 11.2. The van der Waals surface area contributed by atoms with Crippen LogP contribution in [0.4, 0.5) is 0 Å². The molecule has 0 N–H and O–H groups in total. The summed E-state index contributed by atoms with van der Waals surface area (Å²) in [6, 6.07) is 8.57. The van der Waals surface area contributed by atoms with Gasteiger partial charge in [-0.25, -0.2) is 9.78 Å². The van der Waals surface area contributed by atoms with Crippen LogP contribution >= 0.6 is 0 Å². The van der Waals surface area contributed by atoms with Crippen LogP contribution in [0.5, 0.6) is 0 Å². The Kier molecular flexibility index (Phi) is 4.60. The summed E-state index contributed by atoms with van der Waals surface area (Å²) >= 11 is 0. The van der Waals surface area contributed by atoms with E-state index >= 15 is 0 Å². The highest BCUT2D eigenvalue weighted by Crippen LogP contribution is 2.16. The minimum absolute atomic E-state index is 0.210. The summed E-state index contributed by atoms with van der Waals surface area (Å²) in [6.07, 6.45) is 4.89. The van der Waals surface area contributed by atoms with Crippen LogP contribution in [0.1, 0.15) is 35.8 Å². The summed E-state index contributed by atoms with van der Waals surface area (Å²) in [5.41, 5.74) is 2.13. The van der Waals surface area contributed by atoms with Gasteiger partial charge in [-0.05, 0) is 43.7 Å². The third-order valence-electron chi connectivity index (χ3n) is 4.57. The van der Waals surface area contributed by atoms with Crippen molar-refractivity contribution in [1.29, 1.82) is 0 Å². The zero-order chi connectivity index (χ0) is 19.7. The first kappa shape index (κ1) is 17.8. The number of aromatic nitrogens is 5. The maximum Gasteiger partial charge on any atom is 0.338 e. The van der Waals surface area contributed by atoms with Crippen molar-refractivity contribution in [3.63, 3.8) is 0 Å². The Labute approximate surface area is 160 Å². The molecule has 0 unspecified atom stereocenters. The zero-order valence-electron chi connectivity index (χ0n) is 15.6. The standard InChI is InChI=1S/C20H19N5O3/c1-3-4-11-28-19(27)14-5-7-15(8-6-14)24-10-9-16-17(18(24)26)13(2)23-20-21-12-22-25(16)20/h5-10,12H,3-4,11H2,1-2H3. The van der Waals surface area contributed by atoms with E-state index < -0.39 is 0 Å². The molecule has 0 saturated carbocycles. The first-order valence-corrected chi connectivity index (χ1v) is 9.09. The smallest absolute Gasteiger partial charge is 0.338 e. The number of carbonyl (C=O) groups excluding carboxylic acids is 1. The third-order valence-corrected chi connectivity index (χ3v) is 4.57. The van der Waals surface area contributed by atoms with Gasteiger partial charge in [0, 0.05) is 11.9 Å². The number of esters is 1. The fourth-order valence-electron chi connectivity index (χ4n) is 3.08. The lowest BCUT2D eigenvalue weighted by Gasteiger charge is -2.10. The Hall–Kier alpha value is -3.55. The molecule has 4 rings (SSSR count). The molecule has 0 fully saturated rings. The molecule has 3 heterocycles. The fourth-order valence-corrected chi connectivity index (χ4v) is 3.08. The van der Waals surface area contributed by atoms with Crippen LogP contribution < -0.4 is 5.56 Å². The Morgan fingerprint density at radius 1 is 1.18 bits per heavy atom. The lowest BCUT2D eigenvalue weighted by atomic mass is 10.2. The second-order valence-corrected chi connectivity index (χ2v) is 6.46. The van der Waals surface area contributed by atoms with Gasteiger partial charge in [-0.3, -0.25) is 9.36 Å². The number of carbonyl (C=O) groups is 1. The van der Waals surface area contributed by atoms with E-state index in [0.717, 1.165) is 12.8 Å². The molecule has 0 aliphatic rings. The number of hydrogen-bond donors (Lipinski definition) is 0. The Bertz CT molecular complexity index is 1220. The Balaban J connectivity index is 1.72. The SMILES string of the molecule is CCCCOC(=O)c1ccc(-n2ccc3c(c(C)nc4ncnn43)c2=O)cc1. The number of unbranched alkanes of at least 4 members (excludes halogenated alkanes) is 1. The lowest BCUT2D eigenvalue weighted by molar-refractivity contribution is 0.0500. The molecule has 0 aliphatic carbocycles. The summed E-state index contributed by atoms with van der Waals surface area (Å²) in [4.78, 5) is 33.5. The molecule has 0 radical (unpaired) electrons. The number of hydrogen-bond acceptors (Lipinski definition) is 6. The van der Waals surface area contributed by atoms with Gasteiger partial charge >= 0.3 is 5.97 Å². The molecule has 3 aromatic heterocycles. The monoisotopic (exact) mass is 377 g/mol. The number of fused-ring (bicyclic) bond motifs is 3. The topological polar surface area (TPSA) is 91.4 Å². The van der Waals surface area contributed by atoms with Gasteiger partial charge < -0.3 is 4.74 Å². The van der Waals surface area contributed by atoms with Crippen molar-refractivity contribution in [3.8, 4) is 5.69 Å². The van der Waals surface area contributed by atoms with Gasteiger partial charge in [0.2, 0.25) is 0 Å². The molecular weight excluding hydrogens is 358 g/mol. The molecule has 0 spiro atoms. The maximum atomic E-state index is 13.1. The third kappa shape index (κ3) is 3.02. The van der Waals surface area contributed by atoms with E-state index in [1.165, 1.54) is 10.9 Å². The van der Waals surface area contributed by atoms with E-state index in [-0.39, 0.29) is 11.5 Å². The van der Waals surface area contributed by atoms with Gasteiger partial charge in [-0.1, -0.05) is 13.3 Å². The average molecular weight is 377 g/mol. The second-order valence-electron chi connectivity index (χ2n) is 6.46. The van der Waals surface area contributed by atoms with Crippen molar-refractivity contribution in [2.45, 2.75) is 26.7 Å². The van der Waals surface area contributed by atoms with Gasteiger partial charge in [0.05, 0.1) is 28.8 Å². The van der Waals surface area contributed by atoms with E-state index in [4.69, 9.17) is 4.74 Å². The largest absolute Gasteiger partial charge is 0.462 e. The van der Waals surface area contributed by atoms with Crippen LogP contribution in [0, 0.1) is 6.92 Å². The molecule has 8 nitrogen and oxygen atoms in total. The van der Waals surface area contributed by atoms with Crippen LogP contribution in [0.15, 0.2) is 47.7 Å². The Morgan fingerprint density at radius 2 is 1.96 bits per heavy atom. The van der Waals surface area contributed by atoms with Gasteiger partial charge in [0.1, 0.15) is 6.33 Å². The molecule has 0 aliphatic heterocycles. The molecule has 0 saturated heterocycles.